The molecule has 0 spiro atoms. The number of ether oxygens (including phenoxy) is 1. The number of anilines is 2. The maximum Gasteiger partial charge on any atom is 0.490 e. The molecule has 36 heavy (non-hydrogen) atoms. The number of fused-ring (bicyclic) bond motifs is 2. The zero-order valence-corrected chi connectivity index (χ0v) is 20.0. The SMILES string of the molecule is COc1cc2c(cc1Nc1ncc3cnn(C[C@@H]4CCCN4)c3n1)CN(C)CC2.O=C(O)C(F)(F)F. The van der Waals surface area contributed by atoms with Crippen LogP contribution in [0.3, 0.4) is 0 Å². The van der Waals surface area contributed by atoms with E-state index in [0.717, 1.165) is 55.1 Å². The van der Waals surface area contributed by atoms with Gasteiger partial charge in [0.1, 0.15) is 5.75 Å². The minimum atomic E-state index is -5.08. The summed E-state index contributed by atoms with van der Waals surface area (Å²) in [6, 6.07) is 4.76. The Labute approximate surface area is 205 Å². The molecule has 2 aliphatic rings. The van der Waals surface area contributed by atoms with Crippen molar-refractivity contribution in [3.05, 3.63) is 35.7 Å². The molecular weight excluding hydrogens is 479 g/mol. The van der Waals surface area contributed by atoms with E-state index in [4.69, 9.17) is 19.6 Å². The van der Waals surface area contributed by atoms with Crippen molar-refractivity contribution >= 4 is 28.6 Å². The zero-order chi connectivity index (χ0) is 25.9. The average Bonchev–Trinajstić information content (AvgIpc) is 3.49. The number of carbonyl (C=O) groups is 1. The molecule has 13 heteroatoms. The van der Waals surface area contributed by atoms with E-state index in [2.05, 4.69) is 44.8 Å². The first-order valence-electron chi connectivity index (χ1n) is 11.5. The monoisotopic (exact) mass is 507 g/mol. The van der Waals surface area contributed by atoms with Gasteiger partial charge in [0.15, 0.2) is 5.65 Å². The standard InChI is InChI=1S/C21H27N7O.C2HF3O2/c1-27-7-5-14-9-19(29-2)18(8-15(14)12-27)25-21-23-10-16-11-24-28(20(16)26-21)13-17-4-3-6-22-17;3-2(4,5)1(6)7/h8-11,17,22H,3-7,12-13H2,1-2H3,(H,23,25,26);(H,6,7)/t17-;/m0./s1. The van der Waals surface area contributed by atoms with Crippen LogP contribution >= 0.6 is 0 Å². The molecule has 0 amide bonds. The number of hydrogen-bond donors (Lipinski definition) is 3. The number of methoxy groups -OCH3 is 1. The predicted molar refractivity (Wildman–Crippen MR) is 126 cm³/mol. The molecular formula is C23H28F3N7O3. The largest absolute Gasteiger partial charge is 0.495 e. The second-order valence-electron chi connectivity index (χ2n) is 8.83. The molecule has 0 bridgehead atoms. The molecule has 1 saturated heterocycles. The Bertz CT molecular complexity index is 1230. The Hall–Kier alpha value is -3.45. The number of halogens is 3. The molecule has 1 fully saturated rings. The van der Waals surface area contributed by atoms with Gasteiger partial charge in [-0.1, -0.05) is 0 Å². The van der Waals surface area contributed by atoms with Gasteiger partial charge in [0.25, 0.3) is 0 Å². The summed E-state index contributed by atoms with van der Waals surface area (Å²) in [7, 11) is 3.85. The van der Waals surface area contributed by atoms with E-state index in [0.29, 0.717) is 12.0 Å². The van der Waals surface area contributed by atoms with Crippen molar-refractivity contribution in [1.29, 1.82) is 0 Å². The summed E-state index contributed by atoms with van der Waals surface area (Å²) in [5.74, 6) is -1.38. The van der Waals surface area contributed by atoms with Crippen molar-refractivity contribution in [2.24, 2.45) is 0 Å². The van der Waals surface area contributed by atoms with E-state index < -0.39 is 12.1 Å². The smallest absolute Gasteiger partial charge is 0.490 e. The molecule has 0 aliphatic carbocycles. The lowest BCUT2D eigenvalue weighted by Crippen LogP contribution is -2.27. The van der Waals surface area contributed by atoms with Crippen LogP contribution in [0, 0.1) is 0 Å². The highest BCUT2D eigenvalue weighted by molar-refractivity contribution is 5.76. The molecule has 194 valence electrons. The highest BCUT2D eigenvalue weighted by Gasteiger charge is 2.38. The average molecular weight is 508 g/mol. The summed E-state index contributed by atoms with van der Waals surface area (Å²) in [6.07, 6.45) is 2.02. The Kier molecular flexibility index (Phi) is 7.59. The van der Waals surface area contributed by atoms with Crippen LogP contribution in [0.2, 0.25) is 0 Å². The van der Waals surface area contributed by atoms with Gasteiger partial charge in [0.2, 0.25) is 5.95 Å². The Morgan fingerprint density at radius 1 is 1.31 bits per heavy atom. The van der Waals surface area contributed by atoms with Crippen molar-refractivity contribution < 1.29 is 27.8 Å². The molecule has 10 nitrogen and oxygen atoms in total. The van der Waals surface area contributed by atoms with E-state index in [9.17, 15) is 13.2 Å². The van der Waals surface area contributed by atoms with Crippen LogP contribution in [0.4, 0.5) is 24.8 Å². The van der Waals surface area contributed by atoms with Crippen LogP contribution in [0.5, 0.6) is 5.75 Å². The van der Waals surface area contributed by atoms with Gasteiger partial charge in [-0.25, -0.2) is 14.5 Å². The fourth-order valence-corrected chi connectivity index (χ4v) is 4.30. The van der Waals surface area contributed by atoms with Crippen molar-refractivity contribution in [1.82, 2.24) is 30.0 Å². The summed E-state index contributed by atoms with van der Waals surface area (Å²) in [5, 5.41) is 19.5. The maximum atomic E-state index is 10.6. The third-order valence-corrected chi connectivity index (χ3v) is 6.15. The highest BCUT2D eigenvalue weighted by Crippen LogP contribution is 2.33. The second kappa shape index (κ2) is 10.7. The van der Waals surface area contributed by atoms with Gasteiger partial charge >= 0.3 is 12.1 Å². The maximum absolute atomic E-state index is 10.6. The number of carboxylic acids is 1. The number of aromatic nitrogens is 4. The van der Waals surface area contributed by atoms with E-state index >= 15 is 0 Å². The van der Waals surface area contributed by atoms with Crippen LogP contribution in [0.25, 0.3) is 11.0 Å². The first kappa shape index (κ1) is 25.6. The van der Waals surface area contributed by atoms with Gasteiger partial charge in [-0.05, 0) is 56.1 Å². The number of aliphatic carboxylic acids is 1. The first-order chi connectivity index (χ1) is 17.1. The van der Waals surface area contributed by atoms with Crippen LogP contribution in [0.15, 0.2) is 24.5 Å². The first-order valence-corrected chi connectivity index (χ1v) is 11.5. The van der Waals surface area contributed by atoms with Gasteiger partial charge in [-0.15, -0.1) is 0 Å². The molecule has 0 radical (unpaired) electrons. The fraction of sp³-hybridized carbons (Fsp3) is 0.478. The van der Waals surface area contributed by atoms with E-state index in [1.54, 1.807) is 7.11 Å². The van der Waals surface area contributed by atoms with Crippen molar-refractivity contribution in [2.45, 2.75) is 44.6 Å². The highest BCUT2D eigenvalue weighted by atomic mass is 19.4. The Morgan fingerprint density at radius 2 is 2.08 bits per heavy atom. The van der Waals surface area contributed by atoms with Crippen molar-refractivity contribution in [2.75, 3.05) is 32.6 Å². The predicted octanol–water partition coefficient (Wildman–Crippen LogP) is 2.95. The molecule has 2 aliphatic heterocycles. The molecule has 3 N–H and O–H groups in total. The van der Waals surface area contributed by atoms with Gasteiger partial charge in [-0.3, -0.25) is 0 Å². The number of benzene rings is 1. The minimum Gasteiger partial charge on any atom is -0.495 e. The normalized spacial score (nSPS) is 17.9. The van der Waals surface area contributed by atoms with Crippen LogP contribution in [0.1, 0.15) is 24.0 Å². The second-order valence-corrected chi connectivity index (χ2v) is 8.83. The summed E-state index contributed by atoms with van der Waals surface area (Å²) in [6.45, 7) is 3.92. The molecule has 0 saturated carbocycles. The third-order valence-electron chi connectivity index (χ3n) is 6.15. The number of nitrogens with zero attached hydrogens (tertiary/aromatic N) is 5. The Balaban J connectivity index is 0.000000384. The van der Waals surface area contributed by atoms with Crippen LogP contribution in [-0.4, -0.2) is 75.2 Å². The molecule has 0 unspecified atom stereocenters. The number of likely N-dealkylation sites (N-methyl/N-ethyl adjacent to an activating group) is 1. The quantitative estimate of drug-likeness (QED) is 0.479. The number of nitrogens with one attached hydrogen (secondary N) is 2. The lowest BCUT2D eigenvalue weighted by molar-refractivity contribution is -0.192. The third kappa shape index (κ3) is 6.02. The summed E-state index contributed by atoms with van der Waals surface area (Å²) < 4.78 is 39.4. The van der Waals surface area contributed by atoms with Crippen molar-refractivity contribution in [3.8, 4) is 5.75 Å². The van der Waals surface area contributed by atoms with E-state index in [1.807, 2.05) is 17.1 Å². The topological polar surface area (TPSA) is 117 Å². The zero-order valence-electron chi connectivity index (χ0n) is 20.0. The fourth-order valence-electron chi connectivity index (χ4n) is 4.30. The summed E-state index contributed by atoms with van der Waals surface area (Å²) in [5.41, 5.74) is 4.42. The lowest BCUT2D eigenvalue weighted by Gasteiger charge is -2.26. The van der Waals surface area contributed by atoms with E-state index in [-0.39, 0.29) is 0 Å². The van der Waals surface area contributed by atoms with Crippen LogP contribution < -0.4 is 15.4 Å². The van der Waals surface area contributed by atoms with Gasteiger partial charge in [-0.2, -0.15) is 23.3 Å². The molecule has 1 atom stereocenters. The molecule has 3 aromatic rings. The molecule has 4 heterocycles. The molecule has 5 rings (SSSR count). The number of carboxylic acid groups (broad SMARTS) is 1. The number of hydrogen-bond acceptors (Lipinski definition) is 8. The van der Waals surface area contributed by atoms with Crippen LogP contribution in [-0.2, 0) is 24.3 Å². The Morgan fingerprint density at radius 3 is 2.75 bits per heavy atom. The molecule has 2 aromatic heterocycles. The minimum absolute atomic E-state index is 0.460. The van der Waals surface area contributed by atoms with Gasteiger partial charge in [0.05, 0.1) is 30.9 Å². The molecule has 1 aromatic carbocycles. The summed E-state index contributed by atoms with van der Waals surface area (Å²) >= 11 is 0. The van der Waals surface area contributed by atoms with Gasteiger partial charge in [0, 0.05) is 25.3 Å². The lowest BCUT2D eigenvalue weighted by atomic mass is 9.99. The van der Waals surface area contributed by atoms with Crippen molar-refractivity contribution in [3.63, 3.8) is 0 Å². The van der Waals surface area contributed by atoms with E-state index in [1.165, 1.54) is 24.0 Å². The number of alkyl halides is 3. The number of rotatable bonds is 5. The summed E-state index contributed by atoms with van der Waals surface area (Å²) in [4.78, 5) is 20.5. The van der Waals surface area contributed by atoms with Gasteiger partial charge < -0.3 is 25.4 Å².